The number of benzene rings is 2. The van der Waals surface area contributed by atoms with Gasteiger partial charge in [-0.25, -0.2) is 12.8 Å². The van der Waals surface area contributed by atoms with Gasteiger partial charge in [0.25, 0.3) is 0 Å². The van der Waals surface area contributed by atoms with Crippen molar-refractivity contribution < 1.29 is 22.1 Å². The zero-order valence-corrected chi connectivity index (χ0v) is 17.9. The second-order valence-electron chi connectivity index (χ2n) is 7.05. The summed E-state index contributed by atoms with van der Waals surface area (Å²) in [5.41, 5.74) is 0.750. The molecular weight excluding hydrogens is 423 g/mol. The van der Waals surface area contributed by atoms with E-state index in [1.807, 2.05) is 36.1 Å². The molecular formula is C21H23FN4O4S. The fourth-order valence-corrected chi connectivity index (χ4v) is 4.96. The van der Waals surface area contributed by atoms with Gasteiger partial charge in [0.05, 0.1) is 18.7 Å². The van der Waals surface area contributed by atoms with Gasteiger partial charge in [-0.1, -0.05) is 29.4 Å². The zero-order valence-electron chi connectivity index (χ0n) is 17.1. The zero-order chi connectivity index (χ0) is 21.8. The number of hydrogen-bond donors (Lipinski definition) is 0. The first-order valence-corrected chi connectivity index (χ1v) is 11.4. The lowest BCUT2D eigenvalue weighted by Crippen LogP contribution is -2.48. The number of hydrogen-bond acceptors (Lipinski definition) is 7. The Morgan fingerprint density at radius 1 is 1.06 bits per heavy atom. The van der Waals surface area contributed by atoms with E-state index in [9.17, 15) is 12.8 Å². The lowest BCUT2D eigenvalue weighted by atomic mass is 10.2. The molecule has 4 rings (SSSR count). The van der Waals surface area contributed by atoms with E-state index in [1.54, 1.807) is 0 Å². The van der Waals surface area contributed by atoms with Gasteiger partial charge in [-0.15, -0.1) is 0 Å². The van der Waals surface area contributed by atoms with Gasteiger partial charge in [0.2, 0.25) is 21.7 Å². The van der Waals surface area contributed by atoms with Crippen molar-refractivity contribution in [2.45, 2.75) is 18.4 Å². The van der Waals surface area contributed by atoms with Crippen molar-refractivity contribution in [3.63, 3.8) is 0 Å². The maximum absolute atomic E-state index is 14.0. The largest absolute Gasteiger partial charge is 0.493 e. The Morgan fingerprint density at radius 3 is 2.52 bits per heavy atom. The third kappa shape index (κ3) is 4.60. The Kier molecular flexibility index (Phi) is 6.30. The molecule has 0 bridgehead atoms. The SMILES string of the molecule is CCOc1ccccc1-c1noc(CN2CCN(S(=O)(=O)c3ccccc3F)CC2)n1. The van der Waals surface area contributed by atoms with Gasteiger partial charge in [0.1, 0.15) is 16.5 Å². The van der Waals surface area contributed by atoms with Gasteiger partial charge < -0.3 is 9.26 Å². The monoisotopic (exact) mass is 446 g/mol. The average Bonchev–Trinajstić information content (AvgIpc) is 3.23. The summed E-state index contributed by atoms with van der Waals surface area (Å²) in [6, 6.07) is 12.9. The second-order valence-corrected chi connectivity index (χ2v) is 8.96. The lowest BCUT2D eigenvalue weighted by molar-refractivity contribution is 0.163. The minimum Gasteiger partial charge on any atom is -0.493 e. The molecule has 0 unspecified atom stereocenters. The van der Waals surface area contributed by atoms with Crippen LogP contribution in [0.4, 0.5) is 4.39 Å². The third-order valence-electron chi connectivity index (χ3n) is 5.04. The molecule has 2 aromatic carbocycles. The average molecular weight is 447 g/mol. The molecule has 0 saturated carbocycles. The summed E-state index contributed by atoms with van der Waals surface area (Å²) in [5, 5.41) is 4.06. The smallest absolute Gasteiger partial charge is 0.246 e. The van der Waals surface area contributed by atoms with Crippen LogP contribution >= 0.6 is 0 Å². The molecule has 1 aliphatic heterocycles. The fraction of sp³-hybridized carbons (Fsp3) is 0.333. The van der Waals surface area contributed by atoms with E-state index >= 15 is 0 Å². The molecule has 0 spiro atoms. The second kappa shape index (κ2) is 9.13. The summed E-state index contributed by atoms with van der Waals surface area (Å²) >= 11 is 0. The molecule has 10 heteroatoms. The molecule has 0 atom stereocenters. The quantitative estimate of drug-likeness (QED) is 0.551. The van der Waals surface area contributed by atoms with Crippen LogP contribution < -0.4 is 4.74 Å². The number of para-hydroxylation sites is 1. The van der Waals surface area contributed by atoms with Crippen LogP contribution in [0.25, 0.3) is 11.4 Å². The van der Waals surface area contributed by atoms with Gasteiger partial charge in [-0.05, 0) is 31.2 Å². The molecule has 31 heavy (non-hydrogen) atoms. The summed E-state index contributed by atoms with van der Waals surface area (Å²) in [7, 11) is -3.86. The molecule has 3 aromatic rings. The Hall–Kier alpha value is -2.82. The van der Waals surface area contributed by atoms with E-state index in [-0.39, 0.29) is 18.0 Å². The van der Waals surface area contributed by atoms with Crippen molar-refractivity contribution in [2.24, 2.45) is 0 Å². The number of aromatic nitrogens is 2. The van der Waals surface area contributed by atoms with Crippen LogP contribution in [0.1, 0.15) is 12.8 Å². The Bertz CT molecular complexity index is 1140. The Balaban J connectivity index is 1.40. The molecule has 0 radical (unpaired) electrons. The molecule has 1 fully saturated rings. The van der Waals surface area contributed by atoms with E-state index < -0.39 is 15.8 Å². The molecule has 164 valence electrons. The van der Waals surface area contributed by atoms with Crippen LogP contribution in [-0.2, 0) is 16.6 Å². The maximum atomic E-state index is 14.0. The lowest BCUT2D eigenvalue weighted by Gasteiger charge is -2.33. The maximum Gasteiger partial charge on any atom is 0.246 e. The molecule has 1 aliphatic rings. The predicted molar refractivity (Wildman–Crippen MR) is 111 cm³/mol. The first-order chi connectivity index (χ1) is 15.0. The van der Waals surface area contributed by atoms with E-state index in [0.717, 1.165) is 11.6 Å². The number of ether oxygens (including phenoxy) is 1. The fourth-order valence-electron chi connectivity index (χ4n) is 3.47. The minimum absolute atomic E-state index is 0.255. The van der Waals surface area contributed by atoms with Crippen molar-refractivity contribution in [1.29, 1.82) is 0 Å². The first kappa shape index (κ1) is 21.4. The molecule has 1 aromatic heterocycles. The van der Waals surface area contributed by atoms with Gasteiger partial charge in [-0.2, -0.15) is 9.29 Å². The van der Waals surface area contributed by atoms with E-state index in [2.05, 4.69) is 10.1 Å². The van der Waals surface area contributed by atoms with Crippen molar-refractivity contribution in [2.75, 3.05) is 32.8 Å². The molecule has 0 aliphatic carbocycles. The number of piperazine rings is 1. The molecule has 1 saturated heterocycles. The summed E-state index contributed by atoms with van der Waals surface area (Å²) in [6.45, 7) is 4.29. The van der Waals surface area contributed by atoms with Crippen molar-refractivity contribution >= 4 is 10.0 Å². The van der Waals surface area contributed by atoms with Crippen molar-refractivity contribution in [3.05, 3.63) is 60.2 Å². The van der Waals surface area contributed by atoms with E-state index in [1.165, 1.54) is 22.5 Å². The topological polar surface area (TPSA) is 88.8 Å². The van der Waals surface area contributed by atoms with Crippen LogP contribution in [0.15, 0.2) is 57.9 Å². The molecule has 2 heterocycles. The van der Waals surface area contributed by atoms with Gasteiger partial charge >= 0.3 is 0 Å². The van der Waals surface area contributed by atoms with Crippen molar-refractivity contribution in [1.82, 2.24) is 19.3 Å². The highest BCUT2D eigenvalue weighted by molar-refractivity contribution is 7.89. The Morgan fingerprint density at radius 2 is 1.77 bits per heavy atom. The summed E-state index contributed by atoms with van der Waals surface area (Å²) in [6.07, 6.45) is 0. The van der Waals surface area contributed by atoms with Crippen LogP contribution in [0, 0.1) is 5.82 Å². The first-order valence-electron chi connectivity index (χ1n) is 10.0. The normalized spacial score (nSPS) is 15.8. The third-order valence-corrected chi connectivity index (χ3v) is 6.97. The van der Waals surface area contributed by atoms with Crippen LogP contribution in [0.5, 0.6) is 5.75 Å². The van der Waals surface area contributed by atoms with Gasteiger partial charge in [0, 0.05) is 26.2 Å². The van der Waals surface area contributed by atoms with Gasteiger partial charge in [0.15, 0.2) is 0 Å². The van der Waals surface area contributed by atoms with Crippen LogP contribution in [-0.4, -0.2) is 60.5 Å². The predicted octanol–water partition coefficient (Wildman–Crippen LogP) is 2.78. The van der Waals surface area contributed by atoms with Crippen LogP contribution in [0.3, 0.4) is 0 Å². The highest BCUT2D eigenvalue weighted by atomic mass is 32.2. The highest BCUT2D eigenvalue weighted by Gasteiger charge is 2.31. The van der Waals surface area contributed by atoms with Gasteiger partial charge in [-0.3, -0.25) is 4.90 Å². The number of halogens is 1. The number of rotatable bonds is 7. The standard InChI is InChI=1S/C21H23FN4O4S/c1-2-29-18-9-5-3-7-16(18)21-23-20(30-24-21)15-25-11-13-26(14-12-25)31(27,28)19-10-6-4-8-17(19)22/h3-10H,2,11-15H2,1H3. The Labute approximate surface area is 180 Å². The highest BCUT2D eigenvalue weighted by Crippen LogP contribution is 2.28. The summed E-state index contributed by atoms with van der Waals surface area (Å²) in [4.78, 5) is 6.20. The molecule has 8 nitrogen and oxygen atoms in total. The van der Waals surface area contributed by atoms with Crippen LogP contribution in [0.2, 0.25) is 0 Å². The van der Waals surface area contributed by atoms with E-state index in [4.69, 9.17) is 9.26 Å². The summed E-state index contributed by atoms with van der Waals surface area (Å²) < 4.78 is 51.8. The van der Waals surface area contributed by atoms with Crippen molar-refractivity contribution in [3.8, 4) is 17.1 Å². The molecule has 0 amide bonds. The number of sulfonamides is 1. The van der Waals surface area contributed by atoms with E-state index in [0.29, 0.717) is 43.7 Å². The number of nitrogens with zero attached hydrogens (tertiary/aromatic N) is 4. The summed E-state index contributed by atoms with van der Waals surface area (Å²) in [5.74, 6) is 0.825. The minimum atomic E-state index is -3.86. The molecule has 0 N–H and O–H groups in total.